The summed E-state index contributed by atoms with van der Waals surface area (Å²) in [5, 5.41) is 9.88. The number of aliphatic hydroxyl groups is 1. The zero-order valence-electron chi connectivity index (χ0n) is 9.06. The quantitative estimate of drug-likeness (QED) is 0.416. The van der Waals surface area contributed by atoms with E-state index in [1.54, 1.807) is 0 Å². The molecule has 0 saturated heterocycles. The average molecular weight is 301 g/mol. The van der Waals surface area contributed by atoms with Crippen LogP contribution in [-0.4, -0.2) is 44.5 Å². The van der Waals surface area contributed by atoms with Crippen molar-refractivity contribution in [3.63, 3.8) is 0 Å². The third-order valence-electron chi connectivity index (χ3n) is 2.30. The zero-order chi connectivity index (χ0) is 14.0. The van der Waals surface area contributed by atoms with E-state index in [0.717, 1.165) is 0 Å². The molecule has 0 fully saturated rings. The Bertz CT molecular complexity index is 455. The summed E-state index contributed by atoms with van der Waals surface area (Å²) >= 11 is 0. The van der Waals surface area contributed by atoms with E-state index in [1.165, 1.54) is 17.3 Å². The first-order chi connectivity index (χ1) is 8.08. The number of hydrogen-bond acceptors (Lipinski definition) is 5. The monoisotopic (exact) mass is 301 g/mol. The Morgan fingerprint density at radius 2 is 1.72 bits per heavy atom. The lowest BCUT2D eigenvalue weighted by Gasteiger charge is -2.29. The number of nitrogens with zero attached hydrogens (tertiary/aromatic N) is 3. The predicted molar refractivity (Wildman–Crippen MR) is 58.3 cm³/mol. The molecule has 0 radical (unpaired) electrons. The fourth-order valence-corrected chi connectivity index (χ4v) is 3.54. The largest absolute Gasteiger partial charge is 0.369 e. The van der Waals surface area contributed by atoms with Crippen LogP contribution in [0.5, 0.6) is 0 Å². The lowest BCUT2D eigenvalue weighted by molar-refractivity contribution is 0.119. The first kappa shape index (κ1) is 15.5. The van der Waals surface area contributed by atoms with Gasteiger partial charge in [-0.1, -0.05) is 0 Å². The summed E-state index contributed by atoms with van der Waals surface area (Å²) in [5.41, 5.74) is 0. The molecule has 0 unspecified atom stereocenters. The van der Waals surface area contributed by atoms with Crippen LogP contribution >= 0.6 is 15.2 Å². The lowest BCUT2D eigenvalue weighted by Crippen LogP contribution is -2.29. The molecule has 0 aliphatic heterocycles. The second-order valence-electron chi connectivity index (χ2n) is 3.62. The Labute approximate surface area is 102 Å². The van der Waals surface area contributed by atoms with Crippen LogP contribution in [-0.2, 0) is 15.7 Å². The molecule has 1 aromatic rings. The Morgan fingerprint density at radius 3 is 2.11 bits per heavy atom. The highest BCUT2D eigenvalue weighted by atomic mass is 31.2. The average Bonchev–Trinajstić information content (AvgIpc) is 2.66. The summed E-state index contributed by atoms with van der Waals surface area (Å²) in [4.78, 5) is 39.1. The predicted octanol–water partition coefficient (Wildman–Crippen LogP) is -0.940. The molecule has 1 heterocycles. The number of aromatic nitrogens is 3. The molecular formula is C6H13N3O7P2. The molecule has 1 aromatic heterocycles. The van der Waals surface area contributed by atoms with E-state index in [4.69, 9.17) is 19.6 Å². The first-order valence-corrected chi connectivity index (χ1v) is 7.96. The molecule has 0 spiro atoms. The van der Waals surface area contributed by atoms with Crippen molar-refractivity contribution in [2.24, 2.45) is 0 Å². The van der Waals surface area contributed by atoms with Gasteiger partial charge in [0.2, 0.25) is 0 Å². The van der Waals surface area contributed by atoms with Crippen LogP contribution in [0.25, 0.3) is 0 Å². The zero-order valence-corrected chi connectivity index (χ0v) is 10.9. The normalized spacial score (nSPS) is 13.8. The van der Waals surface area contributed by atoms with Gasteiger partial charge in [-0.15, -0.1) is 0 Å². The maximum Gasteiger partial charge on any atom is 0.369 e. The van der Waals surface area contributed by atoms with Gasteiger partial charge in [-0.05, 0) is 6.42 Å². The van der Waals surface area contributed by atoms with Crippen LogP contribution in [0.2, 0.25) is 0 Å². The second kappa shape index (κ2) is 5.18. The van der Waals surface area contributed by atoms with E-state index in [9.17, 15) is 14.2 Å². The highest BCUT2D eigenvalue weighted by Crippen LogP contribution is 2.69. The number of rotatable bonds is 6. The molecular weight excluding hydrogens is 288 g/mol. The van der Waals surface area contributed by atoms with Crippen LogP contribution in [0.3, 0.4) is 0 Å². The fraction of sp³-hybridized carbons (Fsp3) is 0.667. The van der Waals surface area contributed by atoms with Crippen molar-refractivity contribution >= 4 is 15.2 Å². The summed E-state index contributed by atoms with van der Waals surface area (Å²) in [6.07, 6.45) is 1.71. The Hall–Kier alpha value is -0.600. The van der Waals surface area contributed by atoms with E-state index < -0.39 is 26.7 Å². The Morgan fingerprint density at radius 1 is 1.17 bits per heavy atom. The Kier molecular flexibility index (Phi) is 4.45. The van der Waals surface area contributed by atoms with Crippen molar-refractivity contribution < 1.29 is 33.8 Å². The lowest BCUT2D eigenvalue weighted by atomic mass is 10.3. The van der Waals surface area contributed by atoms with Gasteiger partial charge >= 0.3 is 15.2 Å². The van der Waals surface area contributed by atoms with E-state index >= 15 is 0 Å². The molecule has 0 atom stereocenters. The molecule has 18 heavy (non-hydrogen) atoms. The minimum absolute atomic E-state index is 0.0872. The molecule has 0 aromatic carbocycles. The van der Waals surface area contributed by atoms with Gasteiger partial charge in [0.15, 0.2) is 0 Å². The fourth-order valence-electron chi connectivity index (χ4n) is 1.29. The highest BCUT2D eigenvalue weighted by Gasteiger charge is 2.58. The molecule has 0 aliphatic rings. The maximum atomic E-state index is 11.0. The van der Waals surface area contributed by atoms with Gasteiger partial charge in [-0.25, -0.2) is 4.98 Å². The second-order valence-corrected chi connectivity index (χ2v) is 7.63. The van der Waals surface area contributed by atoms with Gasteiger partial charge in [0.05, 0.1) is 0 Å². The van der Waals surface area contributed by atoms with Gasteiger partial charge in [-0.2, -0.15) is 5.10 Å². The number of aryl methyl sites for hydroxylation is 1. The van der Waals surface area contributed by atoms with Crippen LogP contribution in [0, 0.1) is 0 Å². The van der Waals surface area contributed by atoms with Crippen molar-refractivity contribution in [3.05, 3.63) is 12.7 Å². The summed E-state index contributed by atoms with van der Waals surface area (Å²) in [6.45, 7) is 0.113. The van der Waals surface area contributed by atoms with Crippen LogP contribution in [0.15, 0.2) is 12.7 Å². The minimum Gasteiger partial charge on any atom is -0.368 e. The van der Waals surface area contributed by atoms with Crippen LogP contribution in [0.1, 0.15) is 12.8 Å². The van der Waals surface area contributed by atoms with E-state index in [0.29, 0.717) is 0 Å². The van der Waals surface area contributed by atoms with Crippen molar-refractivity contribution in [2.45, 2.75) is 24.5 Å². The third-order valence-corrected chi connectivity index (χ3v) is 6.18. The van der Waals surface area contributed by atoms with Gasteiger partial charge in [0.1, 0.15) is 12.7 Å². The molecule has 10 nitrogen and oxygen atoms in total. The molecule has 12 heteroatoms. The van der Waals surface area contributed by atoms with Gasteiger partial charge in [-0.3, -0.25) is 13.8 Å². The summed E-state index contributed by atoms with van der Waals surface area (Å²) < 4.78 is 23.3. The van der Waals surface area contributed by atoms with Crippen molar-refractivity contribution in [1.29, 1.82) is 0 Å². The maximum absolute atomic E-state index is 11.0. The summed E-state index contributed by atoms with van der Waals surface area (Å²) in [6, 6.07) is 0. The van der Waals surface area contributed by atoms with Gasteiger partial charge in [0.25, 0.3) is 5.08 Å². The molecule has 104 valence electrons. The Balaban J connectivity index is 2.76. The molecule has 5 N–H and O–H groups in total. The summed E-state index contributed by atoms with van der Waals surface area (Å²) in [7, 11) is -10.7. The van der Waals surface area contributed by atoms with Crippen LogP contribution < -0.4 is 0 Å². The molecule has 0 aliphatic carbocycles. The highest BCUT2D eigenvalue weighted by molar-refractivity contribution is 7.72. The molecule has 1 rings (SSSR count). The third kappa shape index (κ3) is 3.24. The van der Waals surface area contributed by atoms with E-state index in [2.05, 4.69) is 10.1 Å². The molecule has 0 saturated carbocycles. The van der Waals surface area contributed by atoms with Crippen molar-refractivity contribution in [1.82, 2.24) is 14.8 Å². The van der Waals surface area contributed by atoms with Crippen molar-refractivity contribution in [3.8, 4) is 0 Å². The molecule has 0 amide bonds. The van der Waals surface area contributed by atoms with E-state index in [1.807, 2.05) is 0 Å². The summed E-state index contributed by atoms with van der Waals surface area (Å²) in [5.74, 6) is 0. The van der Waals surface area contributed by atoms with E-state index in [-0.39, 0.29) is 13.0 Å². The minimum atomic E-state index is -5.37. The van der Waals surface area contributed by atoms with Crippen molar-refractivity contribution in [2.75, 3.05) is 0 Å². The number of hydrogen-bond donors (Lipinski definition) is 5. The van der Waals surface area contributed by atoms with Gasteiger partial charge in [0, 0.05) is 13.0 Å². The first-order valence-electron chi connectivity index (χ1n) is 4.74. The SMILES string of the molecule is O=P(O)(O)C(O)(CCCn1cncn1)P(=O)(O)O. The standard InChI is InChI=1S/C6H13N3O7P2/c10-6(17(11,12)13,18(14,15)16)2-1-3-9-5-7-4-8-9/h4-5,10H,1-3H2,(H2,11,12,13)(H2,14,15,16). The topological polar surface area (TPSA) is 166 Å². The smallest absolute Gasteiger partial charge is 0.368 e. The van der Waals surface area contributed by atoms with Gasteiger partial charge < -0.3 is 24.7 Å². The van der Waals surface area contributed by atoms with Crippen LogP contribution in [0.4, 0.5) is 0 Å². The molecule has 0 bridgehead atoms.